The molecule has 2 aromatic carbocycles. The predicted octanol–water partition coefficient (Wildman–Crippen LogP) is 4.88. The van der Waals surface area contributed by atoms with Crippen molar-refractivity contribution in [2.45, 2.75) is 32.6 Å². The van der Waals surface area contributed by atoms with Gasteiger partial charge in [-0.25, -0.2) is 18.7 Å². The molecule has 1 aliphatic heterocycles. The Bertz CT molecular complexity index is 2060. The fourth-order valence-electron chi connectivity index (χ4n) is 6.92. The number of nitrogens with one attached hydrogen (secondary N) is 1. The van der Waals surface area contributed by atoms with Crippen molar-refractivity contribution in [1.82, 2.24) is 19.9 Å². The molecule has 5 rings (SSSR count). The van der Waals surface area contributed by atoms with E-state index in [2.05, 4.69) is 43.6 Å². The van der Waals surface area contributed by atoms with Gasteiger partial charge in [0.1, 0.15) is 22.7 Å². The number of anilines is 2. The fourth-order valence-corrected chi connectivity index (χ4v) is 6.92. The van der Waals surface area contributed by atoms with Crippen LogP contribution >= 0.6 is 0 Å². The topological polar surface area (TPSA) is 193 Å². The SMILES string of the molecule is CCCCc1nc2c([nH]1)c(N)nc1ccc(N3CCN(CCOCCOCCOCCOCCOCCOCCOCCOCCOCCOCCC(=O)Oc4c(F)c(F)cc(F)c4F)CC3)cc12. The number of carbonyl (C=O) groups excluding carboxylic acids is 1. The van der Waals surface area contributed by atoms with E-state index < -0.39 is 41.4 Å². The van der Waals surface area contributed by atoms with Gasteiger partial charge in [-0.3, -0.25) is 9.69 Å². The minimum Gasteiger partial charge on any atom is -0.420 e. The molecule has 22 heteroatoms. The summed E-state index contributed by atoms with van der Waals surface area (Å²) in [6, 6.07) is 6.40. The summed E-state index contributed by atoms with van der Waals surface area (Å²) in [5, 5.41) is 1.03. The van der Waals surface area contributed by atoms with Crippen LogP contribution in [0.5, 0.6) is 5.75 Å². The van der Waals surface area contributed by atoms with Gasteiger partial charge < -0.3 is 67.7 Å². The highest BCUT2D eigenvalue weighted by Crippen LogP contribution is 2.31. The van der Waals surface area contributed by atoms with E-state index in [0.717, 1.165) is 79.7 Å². The summed E-state index contributed by atoms with van der Waals surface area (Å²) < 4.78 is 113. The summed E-state index contributed by atoms with van der Waals surface area (Å²) in [5.41, 5.74) is 10.0. The van der Waals surface area contributed by atoms with Gasteiger partial charge in [-0.2, -0.15) is 8.78 Å². The molecule has 1 aliphatic rings. The maximum Gasteiger partial charge on any atom is 0.313 e. The zero-order chi connectivity index (χ0) is 48.9. The lowest BCUT2D eigenvalue weighted by Crippen LogP contribution is -2.47. The Kier molecular flexibility index (Phi) is 26.2. The molecule has 0 atom stereocenters. The highest BCUT2D eigenvalue weighted by molar-refractivity contribution is 6.07. The molecule has 3 heterocycles. The molecule has 0 aliphatic carbocycles. The number of unbranched alkanes of at least 4 members (excludes halogenated alkanes) is 1. The first-order chi connectivity index (χ1) is 33.7. The van der Waals surface area contributed by atoms with Crippen molar-refractivity contribution in [1.29, 1.82) is 0 Å². The van der Waals surface area contributed by atoms with Gasteiger partial charge in [0.15, 0.2) is 11.6 Å². The van der Waals surface area contributed by atoms with Gasteiger partial charge in [0.05, 0.1) is 144 Å². The lowest BCUT2D eigenvalue weighted by atomic mass is 10.1. The minimum absolute atomic E-state index is 0.0202. The first kappa shape index (κ1) is 55.6. The molecule has 18 nitrogen and oxygen atoms in total. The molecule has 2 aromatic heterocycles. The first-order valence-electron chi connectivity index (χ1n) is 23.6. The third-order valence-corrected chi connectivity index (χ3v) is 10.6. The number of fused-ring (bicyclic) bond motifs is 3. The van der Waals surface area contributed by atoms with Crippen LogP contribution in [0.4, 0.5) is 29.1 Å². The number of aromatic amines is 1. The Balaban J connectivity index is 0.708. The number of pyridine rings is 1. The van der Waals surface area contributed by atoms with Crippen molar-refractivity contribution < 1.29 is 74.5 Å². The third kappa shape index (κ3) is 20.1. The number of nitrogens with two attached hydrogens (primary N) is 1. The van der Waals surface area contributed by atoms with Crippen molar-refractivity contribution in [3.8, 4) is 5.75 Å². The molecule has 386 valence electrons. The number of ether oxygens (including phenoxy) is 11. The highest BCUT2D eigenvalue weighted by Gasteiger charge is 2.23. The van der Waals surface area contributed by atoms with Gasteiger partial charge in [-0.05, 0) is 24.6 Å². The van der Waals surface area contributed by atoms with Gasteiger partial charge in [0.25, 0.3) is 0 Å². The van der Waals surface area contributed by atoms with E-state index in [1.807, 2.05) is 6.07 Å². The smallest absolute Gasteiger partial charge is 0.313 e. The van der Waals surface area contributed by atoms with Gasteiger partial charge >= 0.3 is 5.97 Å². The molecular weight excluding hydrogens is 917 g/mol. The molecule has 0 bridgehead atoms. The number of H-pyrrole nitrogens is 1. The van der Waals surface area contributed by atoms with Crippen molar-refractivity contribution >= 4 is 39.4 Å². The van der Waals surface area contributed by atoms with E-state index in [1.165, 1.54) is 5.69 Å². The van der Waals surface area contributed by atoms with Crippen LogP contribution in [-0.4, -0.2) is 191 Å². The molecule has 0 radical (unpaired) electrons. The lowest BCUT2D eigenvalue weighted by molar-refractivity contribution is -0.136. The fraction of sp³-hybridized carbons (Fsp3) is 0.638. The van der Waals surface area contributed by atoms with Crippen LogP contribution in [0, 0.1) is 23.3 Å². The maximum absolute atomic E-state index is 13.6. The molecular formula is C47H68F4N6O12. The van der Waals surface area contributed by atoms with E-state index in [1.54, 1.807) is 0 Å². The van der Waals surface area contributed by atoms with E-state index >= 15 is 0 Å². The Hall–Kier alpha value is -4.33. The number of hydrogen-bond donors (Lipinski definition) is 2. The molecule has 1 saturated heterocycles. The molecule has 4 aromatic rings. The van der Waals surface area contributed by atoms with E-state index in [0.29, 0.717) is 118 Å². The van der Waals surface area contributed by atoms with Crippen molar-refractivity contribution in [2.75, 3.05) is 175 Å². The number of halogens is 4. The van der Waals surface area contributed by atoms with Crippen LogP contribution in [0.15, 0.2) is 24.3 Å². The van der Waals surface area contributed by atoms with E-state index in [9.17, 15) is 22.4 Å². The number of piperazine rings is 1. The number of carbonyl (C=O) groups is 1. The van der Waals surface area contributed by atoms with Gasteiger partial charge in [-0.15, -0.1) is 0 Å². The average Bonchev–Trinajstić information content (AvgIpc) is 3.80. The Morgan fingerprint density at radius 1 is 0.623 bits per heavy atom. The number of hydrogen-bond acceptors (Lipinski definition) is 17. The van der Waals surface area contributed by atoms with Crippen LogP contribution < -0.4 is 15.4 Å². The Morgan fingerprint density at radius 3 is 1.57 bits per heavy atom. The number of esters is 1. The summed E-state index contributed by atoms with van der Waals surface area (Å²) in [5.74, 6) is -8.04. The second kappa shape index (κ2) is 32.5. The molecule has 0 amide bonds. The molecule has 0 spiro atoms. The second-order valence-corrected chi connectivity index (χ2v) is 15.7. The van der Waals surface area contributed by atoms with Crippen LogP contribution in [0.2, 0.25) is 0 Å². The summed E-state index contributed by atoms with van der Waals surface area (Å²) in [4.78, 5) is 29.5. The predicted molar refractivity (Wildman–Crippen MR) is 248 cm³/mol. The Morgan fingerprint density at radius 2 is 1.09 bits per heavy atom. The number of imidazole rings is 1. The number of nitrogens with zero attached hydrogens (tertiary/aromatic N) is 4. The zero-order valence-corrected chi connectivity index (χ0v) is 39.6. The highest BCUT2D eigenvalue weighted by atomic mass is 19.2. The number of aryl methyl sites for hydroxylation is 1. The summed E-state index contributed by atoms with van der Waals surface area (Å²) >= 11 is 0. The molecule has 0 unspecified atom stereocenters. The van der Waals surface area contributed by atoms with Crippen molar-refractivity contribution in [2.24, 2.45) is 0 Å². The average molecular weight is 985 g/mol. The molecule has 1 fully saturated rings. The maximum atomic E-state index is 13.6. The van der Waals surface area contributed by atoms with Crippen molar-refractivity contribution in [3.63, 3.8) is 0 Å². The van der Waals surface area contributed by atoms with Crippen LogP contribution in [-0.2, 0) is 58.6 Å². The number of benzene rings is 2. The zero-order valence-electron chi connectivity index (χ0n) is 39.6. The number of rotatable bonds is 38. The second-order valence-electron chi connectivity index (χ2n) is 15.7. The quantitative estimate of drug-likeness (QED) is 0.0203. The summed E-state index contributed by atoms with van der Waals surface area (Å²) in [6.45, 7) is 14.7. The van der Waals surface area contributed by atoms with Gasteiger partial charge in [-0.1, -0.05) is 13.3 Å². The number of aromatic nitrogens is 3. The third-order valence-electron chi connectivity index (χ3n) is 10.6. The van der Waals surface area contributed by atoms with Gasteiger partial charge in [0, 0.05) is 56.3 Å². The number of nitrogen functional groups attached to an aromatic ring is 1. The van der Waals surface area contributed by atoms with Crippen LogP contribution in [0.25, 0.3) is 21.9 Å². The van der Waals surface area contributed by atoms with E-state index in [-0.39, 0.29) is 25.9 Å². The lowest BCUT2D eigenvalue weighted by Gasteiger charge is -2.36. The molecule has 0 saturated carbocycles. The largest absolute Gasteiger partial charge is 0.420 e. The molecule has 3 N–H and O–H groups in total. The van der Waals surface area contributed by atoms with Gasteiger partial charge in [0.2, 0.25) is 17.4 Å². The van der Waals surface area contributed by atoms with Crippen LogP contribution in [0.3, 0.4) is 0 Å². The monoisotopic (exact) mass is 984 g/mol. The summed E-state index contributed by atoms with van der Waals surface area (Å²) in [6.07, 6.45) is 2.69. The standard InChI is InChI=1S/C47H68F4N6O12/c1-2-3-4-40-54-44-36-33-35(5-6-39(36)53-47(52)45(44)55-40)57-10-8-56(9-11-57)12-14-60-16-18-62-20-22-64-24-26-66-28-30-68-32-31-67-29-27-65-25-23-63-21-19-61-17-15-59-13-7-41(58)69-46-42(50)37(48)34-38(49)43(46)51/h5-6,33-34H,2-4,7-32H2,1H3,(H2,52,53)(H,54,55). The van der Waals surface area contributed by atoms with Crippen LogP contribution in [0.1, 0.15) is 32.0 Å². The van der Waals surface area contributed by atoms with E-state index in [4.69, 9.17) is 58.1 Å². The molecule has 69 heavy (non-hydrogen) atoms. The minimum atomic E-state index is -1.79. The van der Waals surface area contributed by atoms with Crippen molar-refractivity contribution in [3.05, 3.63) is 53.4 Å². The first-order valence-corrected chi connectivity index (χ1v) is 23.6. The summed E-state index contributed by atoms with van der Waals surface area (Å²) in [7, 11) is 0. The normalized spacial score (nSPS) is 13.4. The Labute approximate surface area is 400 Å².